The Hall–Kier alpha value is 0.140. The van der Waals surface area contributed by atoms with E-state index in [4.69, 9.17) is 11.6 Å². The molecule has 0 rings (SSSR count). The highest BCUT2D eigenvalue weighted by molar-refractivity contribution is 7.84. The van der Waals surface area contributed by atoms with Crippen molar-refractivity contribution in [3.8, 4) is 0 Å². The second kappa shape index (κ2) is 5.75. The predicted molar refractivity (Wildman–Crippen MR) is 51.4 cm³/mol. The van der Waals surface area contributed by atoms with E-state index in [1.54, 1.807) is 6.26 Å². The Labute approximate surface area is 75.5 Å². The van der Waals surface area contributed by atoms with E-state index in [1.807, 2.05) is 6.92 Å². The van der Waals surface area contributed by atoms with Crippen molar-refractivity contribution >= 4 is 22.4 Å². The molecular formula is C7H14ClNOS. The van der Waals surface area contributed by atoms with E-state index in [-0.39, 0.29) is 5.25 Å². The monoisotopic (exact) mass is 195 g/mol. The topological polar surface area (TPSA) is 29.1 Å². The third kappa shape index (κ3) is 6.53. The fourth-order valence-corrected chi connectivity index (χ4v) is 0.975. The van der Waals surface area contributed by atoms with Gasteiger partial charge < -0.3 is 5.32 Å². The Morgan fingerprint density at radius 1 is 1.82 bits per heavy atom. The molecule has 4 heteroatoms. The van der Waals surface area contributed by atoms with Crippen LogP contribution in [0.15, 0.2) is 11.6 Å². The summed E-state index contributed by atoms with van der Waals surface area (Å²) >= 11 is 5.51. The zero-order valence-electron chi connectivity index (χ0n) is 6.89. The first-order valence-electron chi connectivity index (χ1n) is 3.40. The van der Waals surface area contributed by atoms with Crippen LogP contribution >= 0.6 is 11.6 Å². The lowest BCUT2D eigenvalue weighted by atomic mass is 10.4. The summed E-state index contributed by atoms with van der Waals surface area (Å²) < 4.78 is 10.8. The van der Waals surface area contributed by atoms with Gasteiger partial charge in [-0.2, -0.15) is 0 Å². The molecule has 11 heavy (non-hydrogen) atoms. The van der Waals surface area contributed by atoms with E-state index in [1.165, 1.54) is 0 Å². The van der Waals surface area contributed by atoms with Crippen LogP contribution in [0.3, 0.4) is 0 Å². The SMILES string of the molecule is C=C(Cl)CNCC(C)S(C)=O. The zero-order chi connectivity index (χ0) is 8.85. The van der Waals surface area contributed by atoms with Gasteiger partial charge >= 0.3 is 0 Å². The van der Waals surface area contributed by atoms with Gasteiger partial charge in [0.25, 0.3) is 0 Å². The Morgan fingerprint density at radius 3 is 2.73 bits per heavy atom. The number of hydrogen-bond acceptors (Lipinski definition) is 2. The van der Waals surface area contributed by atoms with Gasteiger partial charge in [-0.3, -0.25) is 4.21 Å². The van der Waals surface area contributed by atoms with E-state index >= 15 is 0 Å². The first-order valence-corrected chi connectivity index (χ1v) is 5.40. The van der Waals surface area contributed by atoms with E-state index in [9.17, 15) is 4.21 Å². The maximum atomic E-state index is 10.8. The first-order chi connectivity index (χ1) is 5.04. The van der Waals surface area contributed by atoms with Crippen molar-refractivity contribution in [2.45, 2.75) is 12.2 Å². The van der Waals surface area contributed by atoms with Gasteiger partial charge in [0.05, 0.1) is 0 Å². The number of nitrogens with one attached hydrogen (secondary N) is 1. The number of hydrogen-bond donors (Lipinski definition) is 1. The lowest BCUT2D eigenvalue weighted by Gasteiger charge is -2.08. The van der Waals surface area contributed by atoms with Crippen molar-refractivity contribution < 1.29 is 4.21 Å². The van der Waals surface area contributed by atoms with Crippen LogP contribution < -0.4 is 5.32 Å². The average molecular weight is 196 g/mol. The summed E-state index contributed by atoms with van der Waals surface area (Å²) in [4.78, 5) is 0. The highest BCUT2D eigenvalue weighted by Crippen LogP contribution is 1.94. The molecule has 0 amide bonds. The molecule has 66 valence electrons. The van der Waals surface area contributed by atoms with E-state index in [0.717, 1.165) is 6.54 Å². The van der Waals surface area contributed by atoms with Crippen molar-refractivity contribution in [2.24, 2.45) is 0 Å². The third-order valence-corrected chi connectivity index (χ3v) is 2.75. The Balaban J connectivity index is 3.39. The molecule has 0 aromatic rings. The summed E-state index contributed by atoms with van der Waals surface area (Å²) in [6.07, 6.45) is 1.70. The maximum absolute atomic E-state index is 10.8. The molecule has 1 N–H and O–H groups in total. The molecular weight excluding hydrogens is 182 g/mol. The normalized spacial score (nSPS) is 15.9. The molecule has 0 aliphatic carbocycles. The highest BCUT2D eigenvalue weighted by Gasteiger charge is 2.04. The van der Waals surface area contributed by atoms with Gasteiger partial charge in [0.2, 0.25) is 0 Å². The van der Waals surface area contributed by atoms with E-state index in [2.05, 4.69) is 11.9 Å². The molecule has 2 nitrogen and oxygen atoms in total. The molecule has 2 unspecified atom stereocenters. The van der Waals surface area contributed by atoms with Crippen LogP contribution in [-0.2, 0) is 10.8 Å². The molecule has 0 bridgehead atoms. The fourth-order valence-electron chi connectivity index (χ4n) is 0.528. The largest absolute Gasteiger partial charge is 0.311 e. The highest BCUT2D eigenvalue weighted by atomic mass is 35.5. The summed E-state index contributed by atoms with van der Waals surface area (Å²) in [6.45, 7) is 6.76. The second-order valence-electron chi connectivity index (χ2n) is 2.46. The van der Waals surface area contributed by atoms with Crippen LogP contribution in [0.2, 0.25) is 0 Å². The Bertz CT molecular complexity index is 161. The summed E-state index contributed by atoms with van der Waals surface area (Å²) in [5, 5.41) is 3.80. The summed E-state index contributed by atoms with van der Waals surface area (Å²) in [5.41, 5.74) is 0. The fraction of sp³-hybridized carbons (Fsp3) is 0.714. The zero-order valence-corrected chi connectivity index (χ0v) is 8.47. The molecule has 0 radical (unpaired) electrons. The molecule has 0 heterocycles. The second-order valence-corrected chi connectivity index (χ2v) is 4.79. The Morgan fingerprint density at radius 2 is 2.36 bits per heavy atom. The summed E-state index contributed by atoms with van der Waals surface area (Å²) in [5.74, 6) is 0. The van der Waals surface area contributed by atoms with Crippen LogP contribution in [0, 0.1) is 0 Å². The molecule has 2 atom stereocenters. The minimum Gasteiger partial charge on any atom is -0.311 e. The van der Waals surface area contributed by atoms with Crippen molar-refractivity contribution in [2.75, 3.05) is 19.3 Å². The summed E-state index contributed by atoms with van der Waals surface area (Å²) in [6, 6.07) is 0. The van der Waals surface area contributed by atoms with E-state index in [0.29, 0.717) is 11.6 Å². The van der Waals surface area contributed by atoms with E-state index < -0.39 is 10.8 Å². The smallest absolute Gasteiger partial charge is 0.0441 e. The van der Waals surface area contributed by atoms with Gasteiger partial charge in [-0.05, 0) is 6.92 Å². The third-order valence-electron chi connectivity index (χ3n) is 1.32. The van der Waals surface area contributed by atoms with Crippen LogP contribution in [0.25, 0.3) is 0 Å². The van der Waals surface area contributed by atoms with Gasteiger partial charge in [0.15, 0.2) is 0 Å². The lowest BCUT2D eigenvalue weighted by Crippen LogP contribution is -2.28. The molecule has 0 saturated heterocycles. The first kappa shape index (κ1) is 11.1. The predicted octanol–water partition coefficient (Wildman–Crippen LogP) is 1.10. The molecule has 0 aliphatic rings. The van der Waals surface area contributed by atoms with Crippen LogP contribution in [0.5, 0.6) is 0 Å². The quantitative estimate of drug-likeness (QED) is 0.712. The molecule has 0 aromatic heterocycles. The molecule has 0 saturated carbocycles. The minimum atomic E-state index is -0.760. The van der Waals surface area contributed by atoms with Crippen molar-refractivity contribution in [1.29, 1.82) is 0 Å². The average Bonchev–Trinajstić information content (AvgIpc) is 1.86. The van der Waals surface area contributed by atoms with Gasteiger partial charge in [0, 0.05) is 40.4 Å². The lowest BCUT2D eigenvalue weighted by molar-refractivity contribution is 0.662. The van der Waals surface area contributed by atoms with Crippen LogP contribution in [-0.4, -0.2) is 28.8 Å². The van der Waals surface area contributed by atoms with Crippen molar-refractivity contribution in [1.82, 2.24) is 5.32 Å². The standard InChI is InChI=1S/C7H14ClNOS/c1-6(8)4-9-5-7(2)11(3)10/h7,9H,1,4-5H2,2-3H3. The Kier molecular flexibility index (Phi) is 5.82. The van der Waals surface area contributed by atoms with Gasteiger partial charge in [-0.25, -0.2) is 0 Å². The van der Waals surface area contributed by atoms with Crippen LogP contribution in [0.4, 0.5) is 0 Å². The molecule has 0 spiro atoms. The number of halogens is 1. The van der Waals surface area contributed by atoms with Gasteiger partial charge in [-0.15, -0.1) is 0 Å². The van der Waals surface area contributed by atoms with Crippen molar-refractivity contribution in [3.05, 3.63) is 11.6 Å². The molecule has 0 aliphatic heterocycles. The molecule has 0 aromatic carbocycles. The molecule has 0 fully saturated rings. The van der Waals surface area contributed by atoms with Crippen molar-refractivity contribution in [3.63, 3.8) is 0 Å². The maximum Gasteiger partial charge on any atom is 0.0441 e. The van der Waals surface area contributed by atoms with Gasteiger partial charge in [-0.1, -0.05) is 18.2 Å². The summed E-state index contributed by atoms with van der Waals surface area (Å²) in [7, 11) is -0.760. The van der Waals surface area contributed by atoms with Crippen LogP contribution in [0.1, 0.15) is 6.92 Å². The number of rotatable bonds is 5. The van der Waals surface area contributed by atoms with Gasteiger partial charge in [0.1, 0.15) is 0 Å². The minimum absolute atomic E-state index is 0.172.